The van der Waals surface area contributed by atoms with Gasteiger partial charge in [0.25, 0.3) is 0 Å². The molecule has 0 bridgehead atoms. The van der Waals surface area contributed by atoms with Crippen molar-refractivity contribution in [2.24, 2.45) is 22.4 Å². The topological polar surface area (TPSA) is 128 Å². The number of carbonyl (C=O) groups is 2. The van der Waals surface area contributed by atoms with Crippen LogP contribution in [0.5, 0.6) is 0 Å². The highest BCUT2D eigenvalue weighted by atomic mass is 35.5. The molecule has 7 nitrogen and oxygen atoms in total. The SMILES string of the molecule is Cl.NC(N)=NCC1CCC(C(=O)O)(c2cccc(C(=O)OCc3ccccc3)c2)CC1. The minimum absolute atomic E-state index is 0. The highest BCUT2D eigenvalue weighted by Crippen LogP contribution is 2.42. The first kappa shape index (κ1) is 24.2. The lowest BCUT2D eigenvalue weighted by Crippen LogP contribution is -2.40. The zero-order chi connectivity index (χ0) is 21.6. The Morgan fingerprint density at radius 3 is 2.35 bits per heavy atom. The molecule has 0 atom stereocenters. The Morgan fingerprint density at radius 1 is 1.06 bits per heavy atom. The molecule has 1 fully saturated rings. The largest absolute Gasteiger partial charge is 0.481 e. The molecule has 166 valence electrons. The summed E-state index contributed by atoms with van der Waals surface area (Å²) in [6.45, 7) is 0.671. The molecule has 0 radical (unpaired) electrons. The summed E-state index contributed by atoms with van der Waals surface area (Å²) in [7, 11) is 0. The highest BCUT2D eigenvalue weighted by molar-refractivity contribution is 5.90. The molecule has 2 aromatic carbocycles. The second-order valence-corrected chi connectivity index (χ2v) is 7.74. The van der Waals surface area contributed by atoms with Crippen LogP contribution >= 0.6 is 12.4 Å². The van der Waals surface area contributed by atoms with Crippen molar-refractivity contribution in [2.45, 2.75) is 37.7 Å². The fourth-order valence-electron chi connectivity index (χ4n) is 3.96. The third-order valence-electron chi connectivity index (χ3n) is 5.76. The van der Waals surface area contributed by atoms with Crippen LogP contribution in [0.3, 0.4) is 0 Å². The summed E-state index contributed by atoms with van der Waals surface area (Å²) in [5, 5.41) is 10.0. The maximum Gasteiger partial charge on any atom is 0.338 e. The zero-order valence-electron chi connectivity index (χ0n) is 17.2. The molecule has 0 saturated heterocycles. The second-order valence-electron chi connectivity index (χ2n) is 7.74. The van der Waals surface area contributed by atoms with E-state index in [0.29, 0.717) is 43.4 Å². The molecule has 0 aliphatic heterocycles. The van der Waals surface area contributed by atoms with Crippen LogP contribution in [0.25, 0.3) is 0 Å². The van der Waals surface area contributed by atoms with Crippen LogP contribution in [0.4, 0.5) is 0 Å². The Bertz CT molecular complexity index is 921. The maximum atomic E-state index is 12.5. The minimum Gasteiger partial charge on any atom is -0.481 e. The summed E-state index contributed by atoms with van der Waals surface area (Å²) < 4.78 is 5.40. The Labute approximate surface area is 187 Å². The number of carboxylic acid groups (broad SMARTS) is 1. The second kappa shape index (κ2) is 10.8. The lowest BCUT2D eigenvalue weighted by atomic mass is 9.66. The summed E-state index contributed by atoms with van der Waals surface area (Å²) in [6, 6.07) is 16.2. The van der Waals surface area contributed by atoms with Gasteiger partial charge in [0.15, 0.2) is 5.96 Å². The van der Waals surface area contributed by atoms with Gasteiger partial charge in [-0.25, -0.2) is 4.79 Å². The van der Waals surface area contributed by atoms with E-state index >= 15 is 0 Å². The Morgan fingerprint density at radius 2 is 1.74 bits per heavy atom. The van der Waals surface area contributed by atoms with Gasteiger partial charge in [0.1, 0.15) is 6.61 Å². The average Bonchev–Trinajstić information content (AvgIpc) is 2.77. The van der Waals surface area contributed by atoms with E-state index < -0.39 is 17.4 Å². The number of hydrogen-bond acceptors (Lipinski definition) is 4. The summed E-state index contributed by atoms with van der Waals surface area (Å²) in [5.41, 5.74) is 11.6. The van der Waals surface area contributed by atoms with E-state index in [1.807, 2.05) is 30.3 Å². The van der Waals surface area contributed by atoms with Gasteiger partial charge in [0, 0.05) is 6.54 Å². The van der Waals surface area contributed by atoms with Crippen molar-refractivity contribution < 1.29 is 19.4 Å². The number of guanidine groups is 1. The molecule has 5 N–H and O–H groups in total. The molecule has 31 heavy (non-hydrogen) atoms. The fraction of sp³-hybridized carbons (Fsp3) is 0.348. The number of halogens is 1. The lowest BCUT2D eigenvalue weighted by molar-refractivity contribution is -0.145. The van der Waals surface area contributed by atoms with Crippen LogP contribution in [0.15, 0.2) is 59.6 Å². The predicted octanol–water partition coefficient (Wildman–Crippen LogP) is 3.25. The van der Waals surface area contributed by atoms with Crippen molar-refractivity contribution in [3.63, 3.8) is 0 Å². The Hall–Kier alpha value is -3.06. The molecular weight excluding hydrogens is 418 g/mol. The standard InChI is InChI=1S/C23H27N3O4.ClH/c24-22(25)26-14-16-9-11-23(12-10-16,21(28)29)19-8-4-7-18(13-19)20(27)30-15-17-5-2-1-3-6-17;/h1-8,13,16H,9-12,14-15H2,(H,28,29)(H4,24,25,26);1H. The Balaban J connectivity index is 0.00000341. The first-order chi connectivity index (χ1) is 14.4. The number of rotatable bonds is 7. The predicted molar refractivity (Wildman–Crippen MR) is 121 cm³/mol. The molecule has 0 aromatic heterocycles. The molecule has 0 unspecified atom stereocenters. The van der Waals surface area contributed by atoms with Gasteiger partial charge < -0.3 is 21.3 Å². The van der Waals surface area contributed by atoms with Gasteiger partial charge in [-0.15, -0.1) is 12.4 Å². The maximum absolute atomic E-state index is 12.5. The van der Waals surface area contributed by atoms with Crippen LogP contribution in [0, 0.1) is 5.92 Å². The number of nitrogens with two attached hydrogens (primary N) is 2. The third kappa shape index (κ3) is 5.98. The van der Waals surface area contributed by atoms with Gasteiger partial charge in [-0.2, -0.15) is 0 Å². The van der Waals surface area contributed by atoms with Crippen molar-refractivity contribution in [3.8, 4) is 0 Å². The van der Waals surface area contributed by atoms with Gasteiger partial charge in [0.2, 0.25) is 0 Å². The smallest absolute Gasteiger partial charge is 0.338 e. The van der Waals surface area contributed by atoms with E-state index in [0.717, 1.165) is 5.56 Å². The highest BCUT2D eigenvalue weighted by Gasteiger charge is 2.43. The van der Waals surface area contributed by atoms with Crippen molar-refractivity contribution >= 4 is 30.3 Å². The van der Waals surface area contributed by atoms with Crippen molar-refractivity contribution in [1.29, 1.82) is 0 Å². The van der Waals surface area contributed by atoms with Crippen LogP contribution in [0.2, 0.25) is 0 Å². The van der Waals surface area contributed by atoms with Crippen LogP contribution in [0.1, 0.15) is 47.2 Å². The van der Waals surface area contributed by atoms with E-state index in [1.54, 1.807) is 24.3 Å². The number of nitrogens with zero attached hydrogens (tertiary/aromatic N) is 1. The van der Waals surface area contributed by atoms with E-state index in [9.17, 15) is 14.7 Å². The number of esters is 1. The van der Waals surface area contributed by atoms with E-state index in [1.165, 1.54) is 0 Å². The van der Waals surface area contributed by atoms with Gasteiger partial charge in [-0.3, -0.25) is 9.79 Å². The summed E-state index contributed by atoms with van der Waals surface area (Å²) >= 11 is 0. The fourth-order valence-corrected chi connectivity index (χ4v) is 3.96. The number of aliphatic imine (C=N–C) groups is 1. The molecule has 3 rings (SSSR count). The van der Waals surface area contributed by atoms with Crippen molar-refractivity contribution in [2.75, 3.05) is 6.54 Å². The molecule has 1 aliphatic carbocycles. The molecule has 2 aromatic rings. The molecule has 8 heteroatoms. The normalized spacial score (nSPS) is 20.2. The summed E-state index contributed by atoms with van der Waals surface area (Å²) in [4.78, 5) is 28.8. The number of hydrogen-bond donors (Lipinski definition) is 3. The van der Waals surface area contributed by atoms with E-state index in [2.05, 4.69) is 4.99 Å². The third-order valence-corrected chi connectivity index (χ3v) is 5.76. The van der Waals surface area contributed by atoms with Gasteiger partial charge in [-0.05, 0) is 54.9 Å². The number of ether oxygens (including phenoxy) is 1. The molecule has 1 aliphatic rings. The first-order valence-corrected chi connectivity index (χ1v) is 10.0. The Kier molecular flexibility index (Phi) is 8.45. The van der Waals surface area contributed by atoms with Crippen LogP contribution < -0.4 is 11.5 Å². The molecule has 1 saturated carbocycles. The van der Waals surface area contributed by atoms with Gasteiger partial charge in [0.05, 0.1) is 11.0 Å². The number of aliphatic carboxylic acids is 1. The summed E-state index contributed by atoms with van der Waals surface area (Å²) in [5.74, 6) is -1.05. The first-order valence-electron chi connectivity index (χ1n) is 10.0. The average molecular weight is 446 g/mol. The van der Waals surface area contributed by atoms with E-state index in [4.69, 9.17) is 16.2 Å². The quantitative estimate of drug-likeness (QED) is 0.341. The van der Waals surface area contributed by atoms with Crippen LogP contribution in [-0.4, -0.2) is 29.5 Å². The monoisotopic (exact) mass is 445 g/mol. The van der Waals surface area contributed by atoms with Crippen molar-refractivity contribution in [1.82, 2.24) is 0 Å². The van der Waals surface area contributed by atoms with Crippen molar-refractivity contribution in [3.05, 3.63) is 71.3 Å². The summed E-state index contributed by atoms with van der Waals surface area (Å²) in [6.07, 6.45) is 2.34. The number of carboxylic acids is 1. The molecular formula is C23H28ClN3O4. The zero-order valence-corrected chi connectivity index (χ0v) is 18.0. The van der Waals surface area contributed by atoms with Gasteiger partial charge in [-0.1, -0.05) is 42.5 Å². The molecule has 0 heterocycles. The van der Waals surface area contributed by atoms with E-state index in [-0.39, 0.29) is 30.9 Å². The molecule has 0 spiro atoms. The lowest BCUT2D eigenvalue weighted by Gasteiger charge is -2.37. The number of benzene rings is 2. The van der Waals surface area contributed by atoms with Gasteiger partial charge >= 0.3 is 11.9 Å². The number of carbonyl (C=O) groups excluding carboxylic acids is 1. The molecule has 0 amide bonds. The minimum atomic E-state index is -1.02. The van der Waals surface area contributed by atoms with Crippen LogP contribution in [-0.2, 0) is 21.6 Å².